The largest absolute Gasteiger partial charge is 0.493 e. The quantitative estimate of drug-likeness (QED) is 0.770. The normalized spacial score (nSPS) is 24.6. The smallest absolute Gasteiger partial charge is 0.119 e. The lowest BCUT2D eigenvalue weighted by molar-refractivity contribution is 0.181. The molecule has 0 N–H and O–H groups in total. The average molecular weight is 250 g/mol. The second kappa shape index (κ2) is 6.34. The van der Waals surface area contributed by atoms with Crippen molar-refractivity contribution in [3.05, 3.63) is 24.3 Å². The van der Waals surface area contributed by atoms with Crippen LogP contribution in [0.1, 0.15) is 39.0 Å². The van der Waals surface area contributed by atoms with E-state index in [1.165, 1.54) is 32.1 Å². The number of thiol groups is 1. The van der Waals surface area contributed by atoms with Crippen molar-refractivity contribution < 1.29 is 4.74 Å². The number of ether oxygens (including phenoxy) is 1. The minimum absolute atomic E-state index is 0.758. The van der Waals surface area contributed by atoms with Crippen LogP contribution < -0.4 is 4.74 Å². The van der Waals surface area contributed by atoms with Crippen LogP contribution in [0.5, 0.6) is 5.75 Å². The van der Waals surface area contributed by atoms with Crippen molar-refractivity contribution in [1.82, 2.24) is 0 Å². The van der Waals surface area contributed by atoms with Crippen molar-refractivity contribution in [2.75, 3.05) is 6.61 Å². The first-order chi connectivity index (χ1) is 8.28. The Morgan fingerprint density at radius 3 is 2.24 bits per heavy atom. The van der Waals surface area contributed by atoms with Crippen LogP contribution in [0.25, 0.3) is 0 Å². The molecule has 1 saturated carbocycles. The third kappa shape index (κ3) is 3.95. The van der Waals surface area contributed by atoms with Gasteiger partial charge in [0, 0.05) is 4.90 Å². The number of benzene rings is 1. The zero-order valence-corrected chi connectivity index (χ0v) is 11.5. The molecule has 1 fully saturated rings. The maximum atomic E-state index is 5.84. The van der Waals surface area contributed by atoms with Crippen LogP contribution in [0.4, 0.5) is 0 Å². The first kappa shape index (κ1) is 12.8. The van der Waals surface area contributed by atoms with Gasteiger partial charge in [-0.15, -0.1) is 12.6 Å². The summed E-state index contributed by atoms with van der Waals surface area (Å²) in [4.78, 5) is 0.987. The Balaban J connectivity index is 1.74. The lowest BCUT2D eigenvalue weighted by atomic mass is 9.81. The molecule has 0 heterocycles. The fraction of sp³-hybridized carbons (Fsp3) is 0.600. The molecule has 2 heteroatoms. The Bertz CT molecular complexity index is 325. The highest BCUT2D eigenvalue weighted by atomic mass is 32.1. The summed E-state index contributed by atoms with van der Waals surface area (Å²) in [6, 6.07) is 7.96. The molecule has 0 aliphatic heterocycles. The molecule has 1 aromatic carbocycles. The van der Waals surface area contributed by atoms with Gasteiger partial charge in [0.2, 0.25) is 0 Å². The van der Waals surface area contributed by atoms with Gasteiger partial charge in [0.25, 0.3) is 0 Å². The van der Waals surface area contributed by atoms with E-state index in [2.05, 4.69) is 19.6 Å². The minimum Gasteiger partial charge on any atom is -0.493 e. The van der Waals surface area contributed by atoms with Crippen LogP contribution in [0.2, 0.25) is 0 Å². The summed E-state index contributed by atoms with van der Waals surface area (Å²) < 4.78 is 5.84. The highest BCUT2D eigenvalue weighted by Crippen LogP contribution is 2.31. The second-order valence-corrected chi connectivity index (χ2v) is 5.62. The van der Waals surface area contributed by atoms with Gasteiger partial charge in [0.1, 0.15) is 5.75 Å². The summed E-state index contributed by atoms with van der Waals surface area (Å²) in [7, 11) is 0. The lowest BCUT2D eigenvalue weighted by Gasteiger charge is -2.27. The third-order valence-electron chi connectivity index (χ3n) is 3.87. The Labute approximate surface area is 110 Å². The molecular formula is C15H22OS. The van der Waals surface area contributed by atoms with E-state index in [-0.39, 0.29) is 0 Å². The van der Waals surface area contributed by atoms with Crippen LogP contribution in [0, 0.1) is 11.8 Å². The van der Waals surface area contributed by atoms with Gasteiger partial charge in [-0.2, -0.15) is 0 Å². The number of rotatable bonds is 4. The molecule has 1 aromatic rings. The van der Waals surface area contributed by atoms with Crippen molar-refractivity contribution in [1.29, 1.82) is 0 Å². The summed E-state index contributed by atoms with van der Waals surface area (Å²) >= 11 is 4.27. The van der Waals surface area contributed by atoms with Crippen LogP contribution in [0.15, 0.2) is 29.2 Å². The molecule has 2 rings (SSSR count). The molecular weight excluding hydrogens is 228 g/mol. The first-order valence-corrected chi connectivity index (χ1v) is 7.14. The SMILES string of the molecule is CCC1CCC(COc2ccc(S)cc2)CC1. The van der Waals surface area contributed by atoms with Crippen LogP contribution in [-0.2, 0) is 0 Å². The Kier molecular flexibility index (Phi) is 4.78. The molecule has 0 unspecified atom stereocenters. The zero-order valence-electron chi connectivity index (χ0n) is 10.6. The van der Waals surface area contributed by atoms with Crippen LogP contribution in [-0.4, -0.2) is 6.61 Å². The predicted octanol–water partition coefficient (Wildman–Crippen LogP) is 4.57. The van der Waals surface area contributed by atoms with Crippen molar-refractivity contribution in [2.24, 2.45) is 11.8 Å². The standard InChI is InChI=1S/C15H22OS/c1-2-12-3-5-13(6-4-12)11-16-14-7-9-15(17)10-8-14/h7-10,12-13,17H,2-6,11H2,1H3. The van der Waals surface area contributed by atoms with Crippen molar-refractivity contribution in [2.45, 2.75) is 43.9 Å². The molecule has 0 amide bonds. The highest BCUT2D eigenvalue weighted by Gasteiger charge is 2.20. The molecule has 0 aromatic heterocycles. The molecule has 1 nitrogen and oxygen atoms in total. The van der Waals surface area contributed by atoms with Crippen LogP contribution >= 0.6 is 12.6 Å². The van der Waals surface area contributed by atoms with E-state index >= 15 is 0 Å². The van der Waals surface area contributed by atoms with Gasteiger partial charge in [-0.3, -0.25) is 0 Å². The second-order valence-electron chi connectivity index (χ2n) is 5.10. The van der Waals surface area contributed by atoms with Gasteiger partial charge in [0.15, 0.2) is 0 Å². The third-order valence-corrected chi connectivity index (χ3v) is 4.16. The average Bonchev–Trinajstić information content (AvgIpc) is 2.39. The van der Waals surface area contributed by atoms with E-state index in [1.807, 2.05) is 24.3 Å². The summed E-state index contributed by atoms with van der Waals surface area (Å²) in [6.07, 6.45) is 6.80. The van der Waals surface area contributed by atoms with E-state index in [4.69, 9.17) is 4.74 Å². The Morgan fingerprint density at radius 1 is 1.06 bits per heavy atom. The Morgan fingerprint density at radius 2 is 1.65 bits per heavy atom. The zero-order chi connectivity index (χ0) is 12.1. The topological polar surface area (TPSA) is 9.23 Å². The van der Waals surface area contributed by atoms with E-state index in [0.29, 0.717) is 0 Å². The Hall–Kier alpha value is -0.630. The summed E-state index contributed by atoms with van der Waals surface area (Å²) in [6.45, 7) is 3.18. The first-order valence-electron chi connectivity index (χ1n) is 6.69. The summed E-state index contributed by atoms with van der Waals surface area (Å²) in [5.74, 6) is 2.70. The molecule has 0 radical (unpaired) electrons. The lowest BCUT2D eigenvalue weighted by Crippen LogP contribution is -2.19. The molecule has 0 saturated heterocycles. The molecule has 0 bridgehead atoms. The molecule has 0 spiro atoms. The van der Waals surface area contributed by atoms with E-state index in [9.17, 15) is 0 Å². The number of hydrogen-bond acceptors (Lipinski definition) is 2. The fourth-order valence-electron chi connectivity index (χ4n) is 2.56. The van der Waals surface area contributed by atoms with E-state index in [1.54, 1.807) is 0 Å². The van der Waals surface area contributed by atoms with Crippen molar-refractivity contribution in [3.8, 4) is 5.75 Å². The van der Waals surface area contributed by atoms with Crippen molar-refractivity contribution in [3.63, 3.8) is 0 Å². The van der Waals surface area contributed by atoms with Gasteiger partial charge in [-0.1, -0.05) is 26.2 Å². The molecule has 94 valence electrons. The fourth-order valence-corrected chi connectivity index (χ4v) is 2.71. The molecule has 1 aliphatic carbocycles. The van der Waals surface area contributed by atoms with Gasteiger partial charge in [-0.25, -0.2) is 0 Å². The van der Waals surface area contributed by atoms with Gasteiger partial charge in [-0.05, 0) is 48.9 Å². The van der Waals surface area contributed by atoms with Crippen molar-refractivity contribution >= 4 is 12.6 Å². The summed E-state index contributed by atoms with van der Waals surface area (Å²) in [5, 5.41) is 0. The van der Waals surface area contributed by atoms with Gasteiger partial charge < -0.3 is 4.74 Å². The predicted molar refractivity (Wildman–Crippen MR) is 74.9 cm³/mol. The van der Waals surface area contributed by atoms with Crippen LogP contribution in [0.3, 0.4) is 0 Å². The van der Waals surface area contributed by atoms with Gasteiger partial charge >= 0.3 is 0 Å². The maximum Gasteiger partial charge on any atom is 0.119 e. The molecule has 17 heavy (non-hydrogen) atoms. The summed E-state index contributed by atoms with van der Waals surface area (Å²) in [5.41, 5.74) is 0. The van der Waals surface area contributed by atoms with E-state index < -0.39 is 0 Å². The molecule has 1 aliphatic rings. The van der Waals surface area contributed by atoms with Gasteiger partial charge in [0.05, 0.1) is 6.61 Å². The van der Waals surface area contributed by atoms with E-state index in [0.717, 1.165) is 29.1 Å². The monoisotopic (exact) mass is 250 g/mol. The molecule has 0 atom stereocenters. The minimum atomic E-state index is 0.758. The number of hydrogen-bond donors (Lipinski definition) is 1. The highest BCUT2D eigenvalue weighted by molar-refractivity contribution is 7.80. The maximum absolute atomic E-state index is 5.84.